The Kier molecular flexibility index (Phi) is 3.38. The van der Waals surface area contributed by atoms with E-state index >= 15 is 0 Å². The van der Waals surface area contributed by atoms with Crippen molar-refractivity contribution in [2.24, 2.45) is 0 Å². The zero-order valence-corrected chi connectivity index (χ0v) is 11.9. The number of halogens is 2. The van der Waals surface area contributed by atoms with Gasteiger partial charge in [0.25, 0.3) is 0 Å². The molecule has 0 bridgehead atoms. The summed E-state index contributed by atoms with van der Waals surface area (Å²) in [4.78, 5) is 0. The molecule has 1 aromatic heterocycles. The number of rotatable bonds is 2. The van der Waals surface area contributed by atoms with E-state index in [9.17, 15) is 0 Å². The van der Waals surface area contributed by atoms with Gasteiger partial charge in [-0.05, 0) is 18.2 Å². The molecular formula is C15H11Cl2N3. The van der Waals surface area contributed by atoms with Crippen molar-refractivity contribution < 1.29 is 0 Å². The summed E-state index contributed by atoms with van der Waals surface area (Å²) in [6, 6.07) is 15.0. The highest BCUT2D eigenvalue weighted by atomic mass is 35.5. The van der Waals surface area contributed by atoms with Gasteiger partial charge >= 0.3 is 0 Å². The smallest absolute Gasteiger partial charge is 0.153 e. The van der Waals surface area contributed by atoms with Crippen molar-refractivity contribution in [3.05, 3.63) is 58.6 Å². The first-order valence-electron chi connectivity index (χ1n) is 6.01. The van der Waals surface area contributed by atoms with Crippen molar-refractivity contribution in [2.75, 3.05) is 5.73 Å². The fourth-order valence-electron chi connectivity index (χ4n) is 2.15. The number of aromatic nitrogens is 2. The number of hydrogen-bond acceptors (Lipinski definition) is 2. The lowest BCUT2D eigenvalue weighted by Crippen LogP contribution is -1.89. The first-order valence-corrected chi connectivity index (χ1v) is 6.77. The van der Waals surface area contributed by atoms with Crippen LogP contribution in [0.1, 0.15) is 0 Å². The maximum absolute atomic E-state index is 6.26. The van der Waals surface area contributed by atoms with E-state index in [0.717, 1.165) is 22.4 Å². The number of aromatic amines is 1. The van der Waals surface area contributed by atoms with Gasteiger partial charge in [-0.3, -0.25) is 5.10 Å². The van der Waals surface area contributed by atoms with Gasteiger partial charge in [0.05, 0.1) is 11.3 Å². The van der Waals surface area contributed by atoms with Gasteiger partial charge in [-0.1, -0.05) is 53.5 Å². The highest BCUT2D eigenvalue weighted by Gasteiger charge is 2.16. The van der Waals surface area contributed by atoms with E-state index in [1.807, 2.05) is 48.5 Å². The Morgan fingerprint density at radius 2 is 1.80 bits per heavy atom. The number of nitrogen functional groups attached to an aromatic ring is 1. The third-order valence-electron chi connectivity index (χ3n) is 3.05. The molecule has 0 aliphatic heterocycles. The number of benzene rings is 2. The van der Waals surface area contributed by atoms with Crippen molar-refractivity contribution in [2.45, 2.75) is 0 Å². The van der Waals surface area contributed by atoms with Crippen LogP contribution in [0.25, 0.3) is 22.4 Å². The molecule has 0 amide bonds. The van der Waals surface area contributed by atoms with Crippen molar-refractivity contribution >= 4 is 29.0 Å². The molecule has 3 rings (SSSR count). The molecule has 3 nitrogen and oxygen atoms in total. The molecule has 0 aliphatic carbocycles. The summed E-state index contributed by atoms with van der Waals surface area (Å²) in [6.07, 6.45) is 0. The average molecular weight is 304 g/mol. The second-order valence-electron chi connectivity index (χ2n) is 4.35. The van der Waals surface area contributed by atoms with Crippen LogP contribution in [0.4, 0.5) is 5.82 Å². The summed E-state index contributed by atoms with van der Waals surface area (Å²) in [6.45, 7) is 0. The molecule has 20 heavy (non-hydrogen) atoms. The van der Waals surface area contributed by atoms with Crippen molar-refractivity contribution in [3.63, 3.8) is 0 Å². The predicted molar refractivity (Wildman–Crippen MR) is 83.9 cm³/mol. The summed E-state index contributed by atoms with van der Waals surface area (Å²) >= 11 is 12.3. The Balaban J connectivity index is 2.23. The number of nitrogens with two attached hydrogens (primary N) is 1. The second-order valence-corrected chi connectivity index (χ2v) is 5.19. The molecule has 0 saturated carbocycles. The third-order valence-corrected chi connectivity index (χ3v) is 3.62. The first kappa shape index (κ1) is 13.0. The molecule has 2 aromatic carbocycles. The maximum atomic E-state index is 6.26. The zero-order chi connectivity index (χ0) is 14.1. The van der Waals surface area contributed by atoms with Gasteiger partial charge in [0, 0.05) is 21.2 Å². The quantitative estimate of drug-likeness (QED) is 0.725. The van der Waals surface area contributed by atoms with Crippen LogP contribution in [0.2, 0.25) is 10.0 Å². The van der Waals surface area contributed by atoms with E-state index < -0.39 is 0 Å². The van der Waals surface area contributed by atoms with Crippen LogP contribution in [0.15, 0.2) is 48.5 Å². The Bertz CT molecular complexity index is 765. The molecule has 0 fully saturated rings. The lowest BCUT2D eigenvalue weighted by atomic mass is 10.0. The highest BCUT2D eigenvalue weighted by Crippen LogP contribution is 2.38. The molecule has 0 spiro atoms. The summed E-state index contributed by atoms with van der Waals surface area (Å²) in [5.74, 6) is 0.410. The molecule has 0 atom stereocenters. The largest absolute Gasteiger partial charge is 0.382 e. The van der Waals surface area contributed by atoms with Gasteiger partial charge in [0.1, 0.15) is 0 Å². The number of nitrogens with zero attached hydrogens (tertiary/aromatic N) is 1. The monoisotopic (exact) mass is 303 g/mol. The Morgan fingerprint density at radius 3 is 2.55 bits per heavy atom. The normalized spacial score (nSPS) is 10.7. The van der Waals surface area contributed by atoms with E-state index in [1.165, 1.54) is 0 Å². The molecule has 0 saturated heterocycles. The van der Waals surface area contributed by atoms with E-state index in [4.69, 9.17) is 28.9 Å². The van der Waals surface area contributed by atoms with Gasteiger partial charge < -0.3 is 5.73 Å². The maximum Gasteiger partial charge on any atom is 0.153 e. The van der Waals surface area contributed by atoms with Crippen LogP contribution >= 0.6 is 23.2 Å². The fraction of sp³-hybridized carbons (Fsp3) is 0. The van der Waals surface area contributed by atoms with Crippen LogP contribution in [-0.2, 0) is 0 Å². The van der Waals surface area contributed by atoms with Crippen LogP contribution in [-0.4, -0.2) is 10.2 Å². The van der Waals surface area contributed by atoms with Crippen molar-refractivity contribution in [3.8, 4) is 22.4 Å². The molecule has 3 N–H and O–H groups in total. The van der Waals surface area contributed by atoms with Gasteiger partial charge in [-0.2, -0.15) is 5.10 Å². The van der Waals surface area contributed by atoms with Gasteiger partial charge in [-0.25, -0.2) is 0 Å². The zero-order valence-electron chi connectivity index (χ0n) is 10.4. The standard InChI is InChI=1S/C15H11Cl2N3/c16-10-5-3-4-9(8-10)14-13(15(18)20-19-14)11-6-1-2-7-12(11)17/h1-8H,(H3,18,19,20). The number of nitrogens with one attached hydrogen (secondary N) is 1. The predicted octanol–water partition coefficient (Wildman–Crippen LogP) is 4.63. The lowest BCUT2D eigenvalue weighted by molar-refractivity contribution is 1.10. The van der Waals surface area contributed by atoms with Crippen LogP contribution in [0, 0.1) is 0 Å². The van der Waals surface area contributed by atoms with Gasteiger partial charge in [-0.15, -0.1) is 0 Å². The van der Waals surface area contributed by atoms with Gasteiger partial charge in [0.2, 0.25) is 0 Å². The second kappa shape index (κ2) is 5.19. The molecule has 0 radical (unpaired) electrons. The first-order chi connectivity index (χ1) is 9.66. The molecule has 100 valence electrons. The summed E-state index contributed by atoms with van der Waals surface area (Å²) in [5.41, 5.74) is 9.33. The van der Waals surface area contributed by atoms with Gasteiger partial charge in [0.15, 0.2) is 5.82 Å². The Hall–Kier alpha value is -1.97. The fourth-order valence-corrected chi connectivity index (χ4v) is 2.57. The molecule has 0 unspecified atom stereocenters. The molecule has 1 heterocycles. The summed E-state index contributed by atoms with van der Waals surface area (Å²) in [5, 5.41) is 8.32. The molecular weight excluding hydrogens is 293 g/mol. The van der Waals surface area contributed by atoms with Crippen molar-refractivity contribution in [1.82, 2.24) is 10.2 Å². The molecule has 0 aliphatic rings. The minimum absolute atomic E-state index is 0.410. The molecule has 3 aromatic rings. The number of hydrogen-bond donors (Lipinski definition) is 2. The van der Waals surface area contributed by atoms with E-state index in [1.54, 1.807) is 0 Å². The average Bonchev–Trinajstić information content (AvgIpc) is 2.81. The van der Waals surface area contributed by atoms with Crippen LogP contribution in [0.3, 0.4) is 0 Å². The summed E-state index contributed by atoms with van der Waals surface area (Å²) < 4.78 is 0. The molecule has 5 heteroatoms. The van der Waals surface area contributed by atoms with Crippen LogP contribution < -0.4 is 5.73 Å². The third kappa shape index (κ3) is 2.26. The van der Waals surface area contributed by atoms with Crippen molar-refractivity contribution in [1.29, 1.82) is 0 Å². The van der Waals surface area contributed by atoms with E-state index in [-0.39, 0.29) is 0 Å². The SMILES string of the molecule is Nc1n[nH]c(-c2cccc(Cl)c2)c1-c1ccccc1Cl. The number of H-pyrrole nitrogens is 1. The minimum atomic E-state index is 0.410. The minimum Gasteiger partial charge on any atom is -0.382 e. The van der Waals surface area contributed by atoms with Crippen LogP contribution in [0.5, 0.6) is 0 Å². The highest BCUT2D eigenvalue weighted by molar-refractivity contribution is 6.33. The lowest BCUT2D eigenvalue weighted by Gasteiger charge is -2.07. The van der Waals surface area contributed by atoms with E-state index in [0.29, 0.717) is 15.9 Å². The Labute approximate surface area is 126 Å². The summed E-state index contributed by atoms with van der Waals surface area (Å²) in [7, 11) is 0. The Morgan fingerprint density at radius 1 is 1.00 bits per heavy atom. The number of anilines is 1. The van der Waals surface area contributed by atoms with E-state index in [2.05, 4.69) is 10.2 Å². The topological polar surface area (TPSA) is 54.7 Å².